The topological polar surface area (TPSA) is 32.3 Å². The molecule has 4 rings (SSSR count). The Balaban J connectivity index is 1.38. The number of aryl methyl sites for hydroxylation is 2. The predicted octanol–water partition coefficient (Wildman–Crippen LogP) is 4.79. The average Bonchev–Trinajstić information content (AvgIpc) is 3.36. The van der Waals surface area contributed by atoms with Crippen LogP contribution in [0.5, 0.6) is 0 Å². The van der Waals surface area contributed by atoms with Crippen LogP contribution in [0.1, 0.15) is 84.3 Å². The largest absolute Gasteiger partial charge is 0.351 e. The number of amides is 1. The van der Waals surface area contributed by atoms with Crippen molar-refractivity contribution in [3.8, 4) is 0 Å². The SMILES string of the molecule is O=C(NCC1(CN2CCCC2)CCCC1)c1cc2c(s1)CCCCCC2. The second kappa shape index (κ2) is 8.43. The molecule has 1 aromatic heterocycles. The first-order chi connectivity index (χ1) is 12.7. The quantitative estimate of drug-likeness (QED) is 0.803. The fourth-order valence-corrected chi connectivity index (χ4v) is 6.41. The van der Waals surface area contributed by atoms with Crippen LogP contribution in [-0.2, 0) is 12.8 Å². The minimum atomic E-state index is 0.175. The van der Waals surface area contributed by atoms with Gasteiger partial charge in [0.15, 0.2) is 0 Å². The summed E-state index contributed by atoms with van der Waals surface area (Å²) in [5.74, 6) is 0.175. The van der Waals surface area contributed by atoms with E-state index in [4.69, 9.17) is 0 Å². The van der Waals surface area contributed by atoms with E-state index >= 15 is 0 Å². The van der Waals surface area contributed by atoms with Gasteiger partial charge in [0.1, 0.15) is 0 Å². The molecule has 0 unspecified atom stereocenters. The van der Waals surface area contributed by atoms with E-state index in [1.165, 1.54) is 101 Å². The fourth-order valence-electron chi connectivity index (χ4n) is 5.24. The van der Waals surface area contributed by atoms with Gasteiger partial charge in [0.25, 0.3) is 5.91 Å². The zero-order chi connectivity index (χ0) is 17.8. The Kier molecular flexibility index (Phi) is 6.00. The molecule has 3 aliphatic rings. The molecule has 2 fully saturated rings. The molecule has 0 atom stereocenters. The molecule has 1 saturated heterocycles. The molecule has 3 nitrogen and oxygen atoms in total. The van der Waals surface area contributed by atoms with Crippen molar-refractivity contribution in [3.63, 3.8) is 0 Å². The van der Waals surface area contributed by atoms with E-state index in [-0.39, 0.29) is 5.91 Å². The van der Waals surface area contributed by atoms with E-state index in [9.17, 15) is 4.79 Å². The maximum atomic E-state index is 12.9. The number of nitrogens with one attached hydrogen (secondary N) is 1. The highest BCUT2D eigenvalue weighted by Gasteiger charge is 2.36. The van der Waals surface area contributed by atoms with E-state index in [0.29, 0.717) is 5.41 Å². The molecule has 1 saturated carbocycles. The van der Waals surface area contributed by atoms with Gasteiger partial charge in [-0.2, -0.15) is 0 Å². The highest BCUT2D eigenvalue weighted by atomic mass is 32.1. The van der Waals surface area contributed by atoms with Gasteiger partial charge in [-0.15, -0.1) is 11.3 Å². The molecule has 0 aromatic carbocycles. The second-order valence-electron chi connectivity index (χ2n) is 8.85. The molecule has 26 heavy (non-hydrogen) atoms. The van der Waals surface area contributed by atoms with Gasteiger partial charge in [-0.25, -0.2) is 0 Å². The minimum Gasteiger partial charge on any atom is -0.351 e. The van der Waals surface area contributed by atoms with Gasteiger partial charge in [0.2, 0.25) is 0 Å². The molecule has 1 N–H and O–H groups in total. The Morgan fingerprint density at radius 2 is 1.73 bits per heavy atom. The number of rotatable bonds is 5. The predicted molar refractivity (Wildman–Crippen MR) is 109 cm³/mol. The lowest BCUT2D eigenvalue weighted by molar-refractivity contribution is 0.0916. The zero-order valence-corrected chi connectivity index (χ0v) is 17.0. The lowest BCUT2D eigenvalue weighted by Gasteiger charge is -2.33. The lowest BCUT2D eigenvalue weighted by Crippen LogP contribution is -2.43. The lowest BCUT2D eigenvalue weighted by atomic mass is 9.85. The normalized spacial score (nSPS) is 23.4. The average molecular weight is 375 g/mol. The molecule has 1 aliphatic heterocycles. The minimum absolute atomic E-state index is 0.175. The van der Waals surface area contributed by atoms with Gasteiger partial charge in [0, 0.05) is 23.4 Å². The summed E-state index contributed by atoms with van der Waals surface area (Å²) in [6.45, 7) is 4.57. The summed E-state index contributed by atoms with van der Waals surface area (Å²) < 4.78 is 0. The maximum absolute atomic E-state index is 12.9. The molecule has 1 amide bonds. The Morgan fingerprint density at radius 3 is 2.50 bits per heavy atom. The van der Waals surface area contributed by atoms with Gasteiger partial charge >= 0.3 is 0 Å². The van der Waals surface area contributed by atoms with Gasteiger partial charge in [-0.3, -0.25) is 4.79 Å². The van der Waals surface area contributed by atoms with E-state index < -0.39 is 0 Å². The third-order valence-electron chi connectivity index (χ3n) is 6.77. The Bertz CT molecular complexity index is 586. The van der Waals surface area contributed by atoms with Crippen molar-refractivity contribution in [2.24, 2.45) is 5.41 Å². The first-order valence-electron chi connectivity index (χ1n) is 10.9. The number of carbonyl (C=O) groups excluding carboxylic acids is 1. The number of thiophene rings is 1. The van der Waals surface area contributed by atoms with Crippen LogP contribution in [-0.4, -0.2) is 37.0 Å². The van der Waals surface area contributed by atoms with Crippen LogP contribution in [0.3, 0.4) is 0 Å². The Hall–Kier alpha value is -0.870. The van der Waals surface area contributed by atoms with Crippen LogP contribution >= 0.6 is 11.3 Å². The smallest absolute Gasteiger partial charge is 0.261 e. The van der Waals surface area contributed by atoms with E-state index in [2.05, 4.69) is 16.3 Å². The standard InChI is InChI=1S/C22H34N2OS/c25-21(20-15-18-9-3-1-2-4-10-19(18)26-20)23-16-22(11-5-6-12-22)17-24-13-7-8-14-24/h15H,1-14,16-17H2,(H,23,25). The molecular formula is C22H34N2OS. The summed E-state index contributed by atoms with van der Waals surface area (Å²) in [6, 6.07) is 2.20. The molecule has 0 spiro atoms. The number of fused-ring (bicyclic) bond motifs is 1. The zero-order valence-electron chi connectivity index (χ0n) is 16.2. The third-order valence-corrected chi connectivity index (χ3v) is 8.00. The molecule has 4 heteroatoms. The number of carbonyl (C=O) groups is 1. The number of likely N-dealkylation sites (tertiary alicyclic amines) is 1. The Morgan fingerprint density at radius 1 is 1.00 bits per heavy atom. The first kappa shape index (κ1) is 18.5. The summed E-state index contributed by atoms with van der Waals surface area (Å²) in [6.07, 6.45) is 15.5. The van der Waals surface area contributed by atoms with E-state index in [1.54, 1.807) is 11.3 Å². The van der Waals surface area contributed by atoms with Crippen molar-refractivity contribution in [2.45, 2.75) is 77.0 Å². The molecular weight excluding hydrogens is 340 g/mol. The van der Waals surface area contributed by atoms with Crippen molar-refractivity contribution < 1.29 is 4.79 Å². The first-order valence-corrected chi connectivity index (χ1v) is 11.7. The number of hydrogen-bond acceptors (Lipinski definition) is 3. The van der Waals surface area contributed by atoms with Crippen molar-refractivity contribution in [1.29, 1.82) is 0 Å². The van der Waals surface area contributed by atoms with Crippen LogP contribution in [0, 0.1) is 5.41 Å². The molecule has 0 bridgehead atoms. The van der Waals surface area contributed by atoms with Crippen LogP contribution < -0.4 is 5.32 Å². The van der Waals surface area contributed by atoms with Gasteiger partial charge in [-0.1, -0.05) is 25.7 Å². The van der Waals surface area contributed by atoms with Gasteiger partial charge in [-0.05, 0) is 76.1 Å². The summed E-state index contributed by atoms with van der Waals surface area (Å²) in [7, 11) is 0. The second-order valence-corrected chi connectivity index (χ2v) is 9.98. The molecule has 1 aromatic rings. The molecule has 0 radical (unpaired) electrons. The van der Waals surface area contributed by atoms with Crippen molar-refractivity contribution in [2.75, 3.05) is 26.2 Å². The third kappa shape index (κ3) is 4.33. The van der Waals surface area contributed by atoms with Crippen molar-refractivity contribution >= 4 is 17.2 Å². The fraction of sp³-hybridized carbons (Fsp3) is 0.773. The van der Waals surface area contributed by atoms with Gasteiger partial charge < -0.3 is 10.2 Å². The highest BCUT2D eigenvalue weighted by Crippen LogP contribution is 2.39. The summed E-state index contributed by atoms with van der Waals surface area (Å²) in [5.41, 5.74) is 1.78. The molecule has 2 aliphatic carbocycles. The van der Waals surface area contributed by atoms with Crippen LogP contribution in [0.2, 0.25) is 0 Å². The van der Waals surface area contributed by atoms with Crippen LogP contribution in [0.4, 0.5) is 0 Å². The molecule has 2 heterocycles. The van der Waals surface area contributed by atoms with E-state index in [0.717, 1.165) is 17.8 Å². The van der Waals surface area contributed by atoms with Crippen LogP contribution in [0.15, 0.2) is 6.07 Å². The summed E-state index contributed by atoms with van der Waals surface area (Å²) >= 11 is 1.76. The van der Waals surface area contributed by atoms with Crippen LogP contribution in [0.25, 0.3) is 0 Å². The number of hydrogen-bond donors (Lipinski definition) is 1. The Labute approximate surface area is 162 Å². The highest BCUT2D eigenvalue weighted by molar-refractivity contribution is 7.14. The van der Waals surface area contributed by atoms with Crippen molar-refractivity contribution in [1.82, 2.24) is 10.2 Å². The summed E-state index contributed by atoms with van der Waals surface area (Å²) in [5, 5.41) is 3.34. The van der Waals surface area contributed by atoms with Crippen molar-refractivity contribution in [3.05, 3.63) is 21.4 Å². The number of nitrogens with zero attached hydrogens (tertiary/aromatic N) is 1. The summed E-state index contributed by atoms with van der Waals surface area (Å²) in [4.78, 5) is 17.9. The van der Waals surface area contributed by atoms with Gasteiger partial charge in [0.05, 0.1) is 4.88 Å². The van der Waals surface area contributed by atoms with E-state index in [1.807, 2.05) is 0 Å². The molecule has 144 valence electrons. The monoisotopic (exact) mass is 374 g/mol. The maximum Gasteiger partial charge on any atom is 0.261 e.